The predicted octanol–water partition coefficient (Wildman–Crippen LogP) is 2.97. The van der Waals surface area contributed by atoms with Crippen LogP contribution in [0.5, 0.6) is 0 Å². The van der Waals surface area contributed by atoms with Gasteiger partial charge in [0.25, 0.3) is 0 Å². The lowest BCUT2D eigenvalue weighted by Crippen LogP contribution is -2.46. The Balaban J connectivity index is 1.88. The van der Waals surface area contributed by atoms with Crippen molar-refractivity contribution in [3.05, 3.63) is 0 Å². The second-order valence-electron chi connectivity index (χ2n) is 6.98. The molecule has 110 valence electrons. The van der Waals surface area contributed by atoms with Crippen molar-refractivity contribution in [1.82, 2.24) is 10.2 Å². The molecule has 0 radical (unpaired) electrons. The van der Waals surface area contributed by atoms with Gasteiger partial charge in [-0.1, -0.05) is 39.0 Å². The van der Waals surface area contributed by atoms with Gasteiger partial charge >= 0.3 is 0 Å². The number of rotatable bonds is 2. The second kappa shape index (κ2) is 6.49. The molecule has 0 aliphatic carbocycles. The summed E-state index contributed by atoms with van der Waals surface area (Å²) in [5.41, 5.74) is 0.323. The molecule has 19 heavy (non-hydrogen) atoms. The molecule has 0 amide bonds. The van der Waals surface area contributed by atoms with Crippen molar-refractivity contribution in [2.24, 2.45) is 10.4 Å². The van der Waals surface area contributed by atoms with Crippen LogP contribution in [0.3, 0.4) is 0 Å². The minimum Gasteiger partial charge on any atom is -0.362 e. The van der Waals surface area contributed by atoms with Gasteiger partial charge in [0.1, 0.15) is 0 Å². The lowest BCUT2D eigenvalue weighted by Gasteiger charge is -2.36. The standard InChI is InChI=1S/C15H29N3S/c1-15(2,3)13-8-10-19-14(17-13)16-11-12-7-5-6-9-18(12)4/h12-13H,5-11H2,1-4H3,(H,16,17). The van der Waals surface area contributed by atoms with Crippen molar-refractivity contribution in [1.29, 1.82) is 0 Å². The number of amidine groups is 1. The first kappa shape index (κ1) is 15.2. The molecule has 2 heterocycles. The van der Waals surface area contributed by atoms with E-state index < -0.39 is 0 Å². The van der Waals surface area contributed by atoms with Crippen LogP contribution in [0.4, 0.5) is 0 Å². The summed E-state index contributed by atoms with van der Waals surface area (Å²) >= 11 is 1.89. The Kier molecular flexibility index (Phi) is 5.18. The molecule has 0 spiro atoms. The Morgan fingerprint density at radius 3 is 2.79 bits per heavy atom. The lowest BCUT2D eigenvalue weighted by molar-refractivity contribution is 0.191. The highest BCUT2D eigenvalue weighted by Gasteiger charge is 2.28. The Hall–Kier alpha value is -0.220. The molecule has 0 aromatic heterocycles. The van der Waals surface area contributed by atoms with Gasteiger partial charge in [-0.3, -0.25) is 4.99 Å². The Labute approximate surface area is 122 Å². The summed E-state index contributed by atoms with van der Waals surface area (Å²) in [6.07, 6.45) is 5.27. The van der Waals surface area contributed by atoms with Crippen LogP contribution < -0.4 is 5.32 Å². The van der Waals surface area contributed by atoms with Gasteiger partial charge in [0.15, 0.2) is 5.17 Å². The van der Waals surface area contributed by atoms with Gasteiger partial charge in [-0.15, -0.1) is 0 Å². The zero-order valence-corrected chi connectivity index (χ0v) is 13.7. The summed E-state index contributed by atoms with van der Waals surface area (Å²) in [6.45, 7) is 9.14. The number of hydrogen-bond acceptors (Lipinski definition) is 3. The summed E-state index contributed by atoms with van der Waals surface area (Å²) in [7, 11) is 2.24. The highest BCUT2D eigenvalue weighted by molar-refractivity contribution is 8.13. The molecule has 2 atom stereocenters. The Bertz CT molecular complexity index is 322. The molecule has 2 unspecified atom stereocenters. The lowest BCUT2D eigenvalue weighted by atomic mass is 9.85. The molecule has 2 aliphatic rings. The average molecular weight is 283 g/mol. The predicted molar refractivity (Wildman–Crippen MR) is 86.0 cm³/mol. The molecule has 3 nitrogen and oxygen atoms in total. The fraction of sp³-hybridized carbons (Fsp3) is 0.933. The fourth-order valence-electron chi connectivity index (χ4n) is 2.84. The number of likely N-dealkylation sites (N-methyl/N-ethyl adjacent to an activating group) is 1. The fourth-order valence-corrected chi connectivity index (χ4v) is 3.78. The van der Waals surface area contributed by atoms with Gasteiger partial charge in [-0.25, -0.2) is 0 Å². The maximum absolute atomic E-state index is 4.85. The van der Waals surface area contributed by atoms with E-state index in [4.69, 9.17) is 4.99 Å². The number of likely N-dealkylation sites (tertiary alicyclic amines) is 1. The zero-order chi connectivity index (χ0) is 13.9. The largest absolute Gasteiger partial charge is 0.362 e. The SMILES string of the molecule is CN1CCCCC1CN=C1NC(C(C)(C)C)CCS1. The molecule has 2 fully saturated rings. The third-order valence-electron chi connectivity index (χ3n) is 4.36. The summed E-state index contributed by atoms with van der Waals surface area (Å²) in [5.74, 6) is 1.20. The van der Waals surface area contributed by atoms with Gasteiger partial charge in [-0.2, -0.15) is 0 Å². The van der Waals surface area contributed by atoms with Crippen molar-refractivity contribution in [3.63, 3.8) is 0 Å². The number of nitrogens with zero attached hydrogens (tertiary/aromatic N) is 2. The maximum Gasteiger partial charge on any atom is 0.156 e. The van der Waals surface area contributed by atoms with Crippen molar-refractivity contribution in [2.45, 2.75) is 58.5 Å². The van der Waals surface area contributed by atoms with Crippen molar-refractivity contribution >= 4 is 16.9 Å². The third kappa shape index (κ3) is 4.38. The summed E-state index contributed by atoms with van der Waals surface area (Å²) in [5, 5.41) is 4.81. The minimum atomic E-state index is 0.323. The number of thioether (sulfide) groups is 1. The van der Waals surface area contributed by atoms with E-state index in [-0.39, 0.29) is 0 Å². The molecule has 2 saturated heterocycles. The van der Waals surface area contributed by atoms with Crippen LogP contribution in [0.2, 0.25) is 0 Å². The van der Waals surface area contributed by atoms with Crippen molar-refractivity contribution in [3.8, 4) is 0 Å². The van der Waals surface area contributed by atoms with Crippen LogP contribution in [0.1, 0.15) is 46.5 Å². The van der Waals surface area contributed by atoms with Crippen molar-refractivity contribution < 1.29 is 0 Å². The van der Waals surface area contributed by atoms with E-state index in [9.17, 15) is 0 Å². The van der Waals surface area contributed by atoms with Gasteiger partial charge in [0, 0.05) is 17.8 Å². The molecule has 0 saturated carbocycles. The number of nitrogens with one attached hydrogen (secondary N) is 1. The Morgan fingerprint density at radius 2 is 2.11 bits per heavy atom. The highest BCUT2D eigenvalue weighted by atomic mass is 32.2. The van der Waals surface area contributed by atoms with E-state index in [0.29, 0.717) is 17.5 Å². The molecule has 2 aliphatic heterocycles. The number of hydrogen-bond donors (Lipinski definition) is 1. The summed E-state index contributed by atoms with van der Waals surface area (Å²) in [6, 6.07) is 1.22. The molecule has 4 heteroatoms. The van der Waals surface area contributed by atoms with E-state index in [1.165, 1.54) is 43.1 Å². The van der Waals surface area contributed by atoms with Gasteiger partial charge in [-0.05, 0) is 38.3 Å². The molecule has 1 N–H and O–H groups in total. The molecule has 0 bridgehead atoms. The van der Waals surface area contributed by atoms with Gasteiger partial charge < -0.3 is 10.2 Å². The third-order valence-corrected chi connectivity index (χ3v) is 5.32. The smallest absolute Gasteiger partial charge is 0.156 e. The average Bonchev–Trinajstić information content (AvgIpc) is 2.37. The van der Waals surface area contributed by atoms with E-state index in [1.807, 2.05) is 11.8 Å². The minimum absolute atomic E-state index is 0.323. The Morgan fingerprint density at radius 1 is 1.32 bits per heavy atom. The summed E-state index contributed by atoms with van der Waals surface area (Å²) in [4.78, 5) is 7.32. The number of aliphatic imine (C=N–C) groups is 1. The van der Waals surface area contributed by atoms with Gasteiger partial charge in [0.05, 0.1) is 6.54 Å². The highest BCUT2D eigenvalue weighted by Crippen LogP contribution is 2.27. The zero-order valence-electron chi connectivity index (χ0n) is 12.9. The van der Waals surface area contributed by atoms with Gasteiger partial charge in [0.2, 0.25) is 0 Å². The summed E-state index contributed by atoms with van der Waals surface area (Å²) < 4.78 is 0. The quantitative estimate of drug-likeness (QED) is 0.844. The van der Waals surface area contributed by atoms with E-state index >= 15 is 0 Å². The molecule has 0 aromatic rings. The van der Waals surface area contributed by atoms with Crippen LogP contribution in [-0.4, -0.2) is 48.0 Å². The van der Waals surface area contributed by atoms with Crippen molar-refractivity contribution in [2.75, 3.05) is 25.9 Å². The van der Waals surface area contributed by atoms with E-state index in [2.05, 4.69) is 38.0 Å². The first-order valence-electron chi connectivity index (χ1n) is 7.61. The van der Waals surface area contributed by atoms with Crippen LogP contribution in [0, 0.1) is 5.41 Å². The maximum atomic E-state index is 4.85. The van der Waals surface area contributed by atoms with E-state index in [1.54, 1.807) is 0 Å². The first-order chi connectivity index (χ1) is 8.97. The van der Waals surface area contributed by atoms with Crippen LogP contribution >= 0.6 is 11.8 Å². The topological polar surface area (TPSA) is 27.6 Å². The molecule has 0 aromatic carbocycles. The number of piperidine rings is 1. The molecule has 2 rings (SSSR count). The van der Waals surface area contributed by atoms with Crippen LogP contribution in [0.15, 0.2) is 4.99 Å². The van der Waals surface area contributed by atoms with E-state index in [0.717, 1.165) is 6.54 Å². The molecular weight excluding hydrogens is 254 g/mol. The second-order valence-corrected chi connectivity index (χ2v) is 8.06. The molecular formula is C15H29N3S. The normalized spacial score (nSPS) is 32.3. The van der Waals surface area contributed by atoms with Crippen LogP contribution in [-0.2, 0) is 0 Å². The monoisotopic (exact) mass is 283 g/mol. The first-order valence-corrected chi connectivity index (χ1v) is 8.59. The van der Waals surface area contributed by atoms with Crippen LogP contribution in [0.25, 0.3) is 0 Å².